The molecule has 0 radical (unpaired) electrons. The Labute approximate surface area is 153 Å². The normalized spacial score (nSPS) is 17.4. The Hall–Kier alpha value is -2.20. The van der Waals surface area contributed by atoms with Crippen LogP contribution in [0.1, 0.15) is 43.0 Å². The number of ether oxygens (including phenoxy) is 2. The summed E-state index contributed by atoms with van der Waals surface area (Å²) in [4.78, 5) is 12.2. The van der Waals surface area contributed by atoms with E-state index in [-0.39, 0.29) is 18.1 Å². The molecular weight excluding hydrogens is 338 g/mol. The van der Waals surface area contributed by atoms with Crippen molar-refractivity contribution in [2.24, 2.45) is 0 Å². The monoisotopic (exact) mass is 359 g/mol. The molecule has 3 rings (SSSR count). The number of rotatable bonds is 5. The van der Waals surface area contributed by atoms with Gasteiger partial charge in [0.05, 0.1) is 25.7 Å². The molecule has 0 spiro atoms. The molecule has 1 aliphatic heterocycles. The van der Waals surface area contributed by atoms with Crippen molar-refractivity contribution in [2.75, 3.05) is 7.11 Å². The molecule has 25 heavy (non-hydrogen) atoms. The Morgan fingerprint density at radius 3 is 2.60 bits per heavy atom. The maximum Gasteiger partial charge on any atom is 0.225 e. The molecule has 0 saturated heterocycles. The lowest BCUT2D eigenvalue weighted by Gasteiger charge is -2.29. The molecule has 0 bridgehead atoms. The predicted octanol–water partition coefficient (Wildman–Crippen LogP) is 4.29. The van der Waals surface area contributed by atoms with Crippen molar-refractivity contribution in [1.29, 1.82) is 0 Å². The number of amides is 1. The quantitative estimate of drug-likeness (QED) is 0.866. The summed E-state index contributed by atoms with van der Waals surface area (Å²) in [7, 11) is 1.62. The second-order valence-electron chi connectivity index (χ2n) is 6.27. The minimum Gasteiger partial charge on any atom is -0.493 e. The van der Waals surface area contributed by atoms with Crippen molar-refractivity contribution in [3.8, 4) is 11.5 Å². The summed E-state index contributed by atoms with van der Waals surface area (Å²) in [6.07, 6.45) is 1.32. The first-order chi connectivity index (χ1) is 12.0. The molecule has 1 N–H and O–H groups in total. The fraction of sp³-hybridized carbons (Fsp3) is 0.350. The van der Waals surface area contributed by atoms with Crippen molar-refractivity contribution in [1.82, 2.24) is 5.32 Å². The van der Waals surface area contributed by atoms with Gasteiger partial charge in [-0.05, 0) is 54.3 Å². The summed E-state index contributed by atoms with van der Waals surface area (Å²) in [6.45, 7) is 4.10. The number of nitrogens with one attached hydrogen (secondary N) is 1. The van der Waals surface area contributed by atoms with E-state index in [0.717, 1.165) is 23.1 Å². The first-order valence-electron chi connectivity index (χ1n) is 8.44. The molecule has 2 aromatic carbocycles. The zero-order chi connectivity index (χ0) is 18.0. The zero-order valence-electron chi connectivity index (χ0n) is 14.6. The van der Waals surface area contributed by atoms with Gasteiger partial charge in [0.15, 0.2) is 11.5 Å². The van der Waals surface area contributed by atoms with Gasteiger partial charge >= 0.3 is 0 Å². The van der Waals surface area contributed by atoms with Crippen LogP contribution in [0.15, 0.2) is 36.4 Å². The number of fused-ring (bicyclic) bond motifs is 1. The van der Waals surface area contributed by atoms with Crippen LogP contribution in [0.2, 0.25) is 5.02 Å². The molecule has 2 aromatic rings. The first-order valence-corrected chi connectivity index (χ1v) is 8.82. The number of hydrogen-bond donors (Lipinski definition) is 1. The van der Waals surface area contributed by atoms with Gasteiger partial charge in [0, 0.05) is 5.02 Å². The maximum absolute atomic E-state index is 12.2. The molecule has 132 valence electrons. The molecule has 2 atom stereocenters. The van der Waals surface area contributed by atoms with Crippen LogP contribution in [0.25, 0.3) is 0 Å². The van der Waals surface area contributed by atoms with E-state index in [0.29, 0.717) is 22.9 Å². The molecule has 1 heterocycles. The molecule has 5 heteroatoms. The lowest BCUT2D eigenvalue weighted by Crippen LogP contribution is -2.36. The van der Waals surface area contributed by atoms with E-state index in [1.165, 1.54) is 0 Å². The molecular formula is C20H22ClNO3. The highest BCUT2D eigenvalue weighted by Gasteiger charge is 2.28. The molecule has 1 aliphatic rings. The van der Waals surface area contributed by atoms with Gasteiger partial charge in [0.25, 0.3) is 0 Å². The van der Waals surface area contributed by atoms with Crippen LogP contribution in [0.4, 0.5) is 0 Å². The van der Waals surface area contributed by atoms with Gasteiger partial charge in [0.2, 0.25) is 5.91 Å². The minimum atomic E-state index is -0.223. The van der Waals surface area contributed by atoms with E-state index >= 15 is 0 Å². The van der Waals surface area contributed by atoms with Gasteiger partial charge in [0.1, 0.15) is 0 Å². The van der Waals surface area contributed by atoms with Gasteiger partial charge in [-0.15, -0.1) is 0 Å². The van der Waals surface area contributed by atoms with Crippen LogP contribution >= 0.6 is 11.6 Å². The van der Waals surface area contributed by atoms with Gasteiger partial charge < -0.3 is 14.8 Å². The Morgan fingerprint density at radius 2 is 1.96 bits per heavy atom. The van der Waals surface area contributed by atoms with Crippen molar-refractivity contribution in [3.63, 3.8) is 0 Å². The second-order valence-corrected chi connectivity index (χ2v) is 6.70. The fourth-order valence-corrected chi connectivity index (χ4v) is 3.10. The fourth-order valence-electron chi connectivity index (χ4n) is 2.97. The van der Waals surface area contributed by atoms with Crippen molar-refractivity contribution in [2.45, 2.75) is 38.8 Å². The molecule has 0 fully saturated rings. The third-order valence-electron chi connectivity index (χ3n) is 4.50. The van der Waals surface area contributed by atoms with Crippen LogP contribution in [0.5, 0.6) is 11.5 Å². The number of carbonyl (C=O) groups excluding carboxylic acids is 1. The van der Waals surface area contributed by atoms with E-state index < -0.39 is 0 Å². The standard InChI is InChI=1S/C20H22ClNO3/c1-4-12(2)25-18-11-16-14(9-17(18)24-3)10-19(23)22-20(16)13-5-7-15(21)8-6-13/h5-9,11-12,20H,4,10H2,1-3H3,(H,22,23)/t12-,20+/m1/s1. The highest BCUT2D eigenvalue weighted by molar-refractivity contribution is 6.30. The van der Waals surface area contributed by atoms with E-state index in [1.54, 1.807) is 7.11 Å². The summed E-state index contributed by atoms with van der Waals surface area (Å²) in [5, 5.41) is 3.73. The van der Waals surface area contributed by atoms with E-state index in [2.05, 4.69) is 12.2 Å². The summed E-state index contributed by atoms with van der Waals surface area (Å²) >= 11 is 5.99. The predicted molar refractivity (Wildman–Crippen MR) is 98.5 cm³/mol. The second kappa shape index (κ2) is 7.36. The number of halogens is 1. The lowest BCUT2D eigenvalue weighted by molar-refractivity contribution is -0.121. The first kappa shape index (κ1) is 17.6. The average molecular weight is 360 g/mol. The smallest absolute Gasteiger partial charge is 0.225 e. The molecule has 0 aromatic heterocycles. The van der Waals surface area contributed by atoms with Crippen LogP contribution in [-0.2, 0) is 11.2 Å². The largest absolute Gasteiger partial charge is 0.493 e. The van der Waals surface area contributed by atoms with Crippen molar-refractivity contribution in [3.05, 3.63) is 58.1 Å². The maximum atomic E-state index is 12.2. The van der Waals surface area contributed by atoms with Crippen molar-refractivity contribution < 1.29 is 14.3 Å². The topological polar surface area (TPSA) is 47.6 Å². The lowest BCUT2D eigenvalue weighted by atomic mass is 9.89. The number of methoxy groups -OCH3 is 1. The highest BCUT2D eigenvalue weighted by Crippen LogP contribution is 2.38. The zero-order valence-corrected chi connectivity index (χ0v) is 15.4. The summed E-state index contributed by atoms with van der Waals surface area (Å²) in [5.74, 6) is 1.35. The molecule has 0 saturated carbocycles. The van der Waals surface area contributed by atoms with Crippen molar-refractivity contribution >= 4 is 17.5 Å². The number of carbonyl (C=O) groups is 1. The van der Waals surface area contributed by atoms with E-state index in [4.69, 9.17) is 21.1 Å². The highest BCUT2D eigenvalue weighted by atomic mass is 35.5. The Bertz CT molecular complexity index is 773. The summed E-state index contributed by atoms with van der Waals surface area (Å²) in [6, 6.07) is 11.2. The summed E-state index contributed by atoms with van der Waals surface area (Å²) < 4.78 is 11.5. The van der Waals surface area contributed by atoms with Crippen LogP contribution in [0.3, 0.4) is 0 Å². The minimum absolute atomic E-state index is 0.00917. The van der Waals surface area contributed by atoms with Gasteiger partial charge in [-0.2, -0.15) is 0 Å². The van der Waals surface area contributed by atoms with Gasteiger partial charge in [-0.25, -0.2) is 0 Å². The molecule has 0 aliphatic carbocycles. The molecule has 1 amide bonds. The Kier molecular flexibility index (Phi) is 5.19. The van der Waals surface area contributed by atoms with E-state index in [9.17, 15) is 4.79 Å². The average Bonchev–Trinajstić information content (AvgIpc) is 2.61. The third kappa shape index (κ3) is 3.74. The van der Waals surface area contributed by atoms with Crippen LogP contribution in [0, 0.1) is 0 Å². The molecule has 4 nitrogen and oxygen atoms in total. The number of hydrogen-bond acceptors (Lipinski definition) is 3. The van der Waals surface area contributed by atoms with Crippen LogP contribution in [-0.4, -0.2) is 19.1 Å². The molecule has 0 unspecified atom stereocenters. The van der Waals surface area contributed by atoms with Gasteiger partial charge in [-0.3, -0.25) is 4.79 Å². The van der Waals surface area contributed by atoms with Gasteiger partial charge in [-0.1, -0.05) is 30.7 Å². The summed E-state index contributed by atoms with van der Waals surface area (Å²) in [5.41, 5.74) is 2.97. The van der Waals surface area contributed by atoms with E-state index in [1.807, 2.05) is 43.3 Å². The van der Waals surface area contributed by atoms with Crippen LogP contribution < -0.4 is 14.8 Å². The SMILES string of the molecule is CC[C@@H](C)Oc1cc2c(cc1OC)CC(=O)N[C@H]2c1ccc(Cl)cc1. The number of benzene rings is 2. The third-order valence-corrected chi connectivity index (χ3v) is 4.75. The Morgan fingerprint density at radius 1 is 1.24 bits per heavy atom. The Balaban J connectivity index is 2.06.